The number of amides is 1. The van der Waals surface area contributed by atoms with E-state index in [9.17, 15) is 14.7 Å². The first-order chi connectivity index (χ1) is 11.9. The maximum atomic E-state index is 12.7. The van der Waals surface area contributed by atoms with Gasteiger partial charge in [0.05, 0.1) is 18.7 Å². The summed E-state index contributed by atoms with van der Waals surface area (Å²) in [7, 11) is 1.58. The van der Waals surface area contributed by atoms with Gasteiger partial charge in [0.2, 0.25) is 0 Å². The first-order valence-electron chi connectivity index (χ1n) is 8.81. The lowest BCUT2D eigenvalue weighted by Crippen LogP contribution is -2.32. The molecule has 5 nitrogen and oxygen atoms in total. The Labute approximate surface area is 149 Å². The molecule has 1 aromatic carbocycles. The van der Waals surface area contributed by atoms with Crippen molar-refractivity contribution in [1.29, 1.82) is 0 Å². The van der Waals surface area contributed by atoms with Crippen LogP contribution in [0.15, 0.2) is 35.6 Å². The van der Waals surface area contributed by atoms with Gasteiger partial charge in [0.15, 0.2) is 11.5 Å². The van der Waals surface area contributed by atoms with Crippen molar-refractivity contribution in [2.45, 2.75) is 46.1 Å². The number of aliphatic hydroxyl groups excluding tert-OH is 1. The average molecular weight is 345 g/mol. The number of carbonyl (C=O) groups excluding carboxylic acids is 2. The van der Waals surface area contributed by atoms with Crippen LogP contribution in [0.2, 0.25) is 0 Å². The van der Waals surface area contributed by atoms with Crippen LogP contribution in [-0.2, 0) is 9.59 Å². The van der Waals surface area contributed by atoms with E-state index in [1.165, 1.54) is 0 Å². The minimum absolute atomic E-state index is 0.151. The molecule has 2 rings (SSSR count). The van der Waals surface area contributed by atoms with Crippen molar-refractivity contribution in [2.75, 3.05) is 13.7 Å². The molecule has 25 heavy (non-hydrogen) atoms. The SMILES string of the molecule is CCCCN1C(=O)C(O)=C(C(=O)CC(C)C)C1c1cccc(OC)c1. The van der Waals surface area contributed by atoms with E-state index in [-0.39, 0.29) is 17.3 Å². The van der Waals surface area contributed by atoms with Crippen LogP contribution in [0.5, 0.6) is 5.75 Å². The second-order valence-electron chi connectivity index (χ2n) is 6.81. The van der Waals surface area contributed by atoms with E-state index in [0.29, 0.717) is 18.7 Å². The fourth-order valence-electron chi connectivity index (χ4n) is 3.14. The number of ether oxygens (including phenoxy) is 1. The van der Waals surface area contributed by atoms with Crippen molar-refractivity contribution in [3.05, 3.63) is 41.2 Å². The molecule has 0 aliphatic carbocycles. The van der Waals surface area contributed by atoms with Crippen LogP contribution in [0.1, 0.15) is 51.6 Å². The minimum atomic E-state index is -0.555. The molecular formula is C20H27NO4. The molecule has 0 bridgehead atoms. The Morgan fingerprint density at radius 3 is 2.68 bits per heavy atom. The van der Waals surface area contributed by atoms with Gasteiger partial charge < -0.3 is 14.7 Å². The molecule has 0 saturated carbocycles. The molecule has 1 N–H and O–H groups in total. The quantitative estimate of drug-likeness (QED) is 0.778. The molecule has 5 heteroatoms. The number of benzene rings is 1. The molecule has 1 unspecified atom stereocenters. The molecule has 0 spiro atoms. The van der Waals surface area contributed by atoms with Crippen molar-refractivity contribution >= 4 is 11.7 Å². The summed E-state index contributed by atoms with van der Waals surface area (Å²) in [4.78, 5) is 26.9. The monoisotopic (exact) mass is 345 g/mol. The van der Waals surface area contributed by atoms with Crippen molar-refractivity contribution in [3.63, 3.8) is 0 Å². The third-order valence-corrected chi connectivity index (χ3v) is 4.36. The Bertz CT molecular complexity index is 678. The predicted octanol–water partition coefficient (Wildman–Crippen LogP) is 3.81. The Morgan fingerprint density at radius 1 is 1.36 bits per heavy atom. The summed E-state index contributed by atoms with van der Waals surface area (Å²) >= 11 is 0. The lowest BCUT2D eigenvalue weighted by Gasteiger charge is -2.27. The summed E-state index contributed by atoms with van der Waals surface area (Å²) < 4.78 is 5.28. The van der Waals surface area contributed by atoms with E-state index in [0.717, 1.165) is 18.4 Å². The van der Waals surface area contributed by atoms with Gasteiger partial charge >= 0.3 is 0 Å². The number of hydrogen-bond acceptors (Lipinski definition) is 4. The fraction of sp³-hybridized carbons (Fsp3) is 0.500. The van der Waals surface area contributed by atoms with Crippen LogP contribution in [-0.4, -0.2) is 35.4 Å². The average Bonchev–Trinajstić information content (AvgIpc) is 2.84. The molecule has 0 fully saturated rings. The summed E-state index contributed by atoms with van der Waals surface area (Å²) in [5.74, 6) is -0.239. The molecule has 136 valence electrons. The number of rotatable bonds is 8. The lowest BCUT2D eigenvalue weighted by atomic mass is 9.92. The third kappa shape index (κ3) is 4.03. The van der Waals surface area contributed by atoms with Gasteiger partial charge in [-0.05, 0) is 30.0 Å². The predicted molar refractivity (Wildman–Crippen MR) is 96.5 cm³/mol. The van der Waals surface area contributed by atoms with E-state index in [2.05, 4.69) is 0 Å². The summed E-state index contributed by atoms with van der Waals surface area (Å²) in [6.45, 7) is 6.43. The molecule has 1 aliphatic rings. The van der Waals surface area contributed by atoms with E-state index in [1.54, 1.807) is 12.0 Å². The molecule has 1 aliphatic heterocycles. The van der Waals surface area contributed by atoms with E-state index in [1.807, 2.05) is 45.0 Å². The molecule has 0 saturated heterocycles. The van der Waals surface area contributed by atoms with Crippen LogP contribution >= 0.6 is 0 Å². The molecule has 1 heterocycles. The first-order valence-corrected chi connectivity index (χ1v) is 8.81. The summed E-state index contributed by atoms with van der Waals surface area (Å²) in [5, 5.41) is 10.4. The summed E-state index contributed by atoms with van der Waals surface area (Å²) in [6, 6.07) is 6.77. The van der Waals surface area contributed by atoms with Crippen LogP contribution in [0, 0.1) is 5.92 Å². The lowest BCUT2D eigenvalue weighted by molar-refractivity contribution is -0.129. The highest BCUT2D eigenvalue weighted by molar-refractivity contribution is 6.09. The molecule has 0 radical (unpaired) electrons. The molecule has 0 aromatic heterocycles. The van der Waals surface area contributed by atoms with Gasteiger partial charge in [0.1, 0.15) is 5.75 Å². The third-order valence-electron chi connectivity index (χ3n) is 4.36. The van der Waals surface area contributed by atoms with Gasteiger partial charge in [0.25, 0.3) is 5.91 Å². The van der Waals surface area contributed by atoms with Crippen molar-refractivity contribution in [3.8, 4) is 5.75 Å². The van der Waals surface area contributed by atoms with Gasteiger partial charge in [-0.2, -0.15) is 0 Å². The molecule has 1 aromatic rings. The van der Waals surface area contributed by atoms with E-state index >= 15 is 0 Å². The second kappa shape index (κ2) is 8.19. The largest absolute Gasteiger partial charge is 0.503 e. The van der Waals surface area contributed by atoms with Crippen LogP contribution in [0.4, 0.5) is 0 Å². The van der Waals surface area contributed by atoms with Crippen molar-refractivity contribution in [2.24, 2.45) is 5.92 Å². The van der Waals surface area contributed by atoms with Gasteiger partial charge in [-0.15, -0.1) is 0 Å². The fourth-order valence-corrected chi connectivity index (χ4v) is 3.14. The zero-order chi connectivity index (χ0) is 18.6. The second-order valence-corrected chi connectivity index (χ2v) is 6.81. The van der Waals surface area contributed by atoms with Gasteiger partial charge in [-0.3, -0.25) is 9.59 Å². The highest BCUT2D eigenvalue weighted by Gasteiger charge is 2.43. The highest BCUT2D eigenvalue weighted by atomic mass is 16.5. The summed E-state index contributed by atoms with van der Waals surface area (Å²) in [5.41, 5.74) is 0.989. The molecular weight excluding hydrogens is 318 g/mol. The van der Waals surface area contributed by atoms with Crippen LogP contribution < -0.4 is 4.74 Å². The highest BCUT2D eigenvalue weighted by Crippen LogP contribution is 2.39. The van der Waals surface area contributed by atoms with E-state index < -0.39 is 17.7 Å². The Hall–Kier alpha value is -2.30. The number of aliphatic hydroxyl groups is 1. The first kappa shape index (κ1) is 19.0. The summed E-state index contributed by atoms with van der Waals surface area (Å²) in [6.07, 6.45) is 2.03. The Morgan fingerprint density at radius 2 is 2.08 bits per heavy atom. The van der Waals surface area contributed by atoms with Crippen molar-refractivity contribution < 1.29 is 19.4 Å². The number of unbranched alkanes of at least 4 members (excludes halogenated alkanes) is 1. The van der Waals surface area contributed by atoms with Gasteiger partial charge in [0, 0.05) is 13.0 Å². The molecule has 1 amide bonds. The smallest absolute Gasteiger partial charge is 0.290 e. The molecule has 1 atom stereocenters. The minimum Gasteiger partial charge on any atom is -0.503 e. The zero-order valence-electron chi connectivity index (χ0n) is 15.4. The normalized spacial score (nSPS) is 17.6. The Kier molecular flexibility index (Phi) is 6.23. The number of carbonyl (C=O) groups is 2. The number of methoxy groups -OCH3 is 1. The van der Waals surface area contributed by atoms with Crippen LogP contribution in [0.3, 0.4) is 0 Å². The van der Waals surface area contributed by atoms with Crippen LogP contribution in [0.25, 0.3) is 0 Å². The van der Waals surface area contributed by atoms with E-state index in [4.69, 9.17) is 4.74 Å². The zero-order valence-corrected chi connectivity index (χ0v) is 15.4. The maximum Gasteiger partial charge on any atom is 0.290 e. The number of nitrogens with zero attached hydrogens (tertiary/aromatic N) is 1. The Balaban J connectivity index is 2.48. The van der Waals surface area contributed by atoms with Gasteiger partial charge in [-0.1, -0.05) is 39.3 Å². The number of hydrogen-bond donors (Lipinski definition) is 1. The maximum absolute atomic E-state index is 12.7. The number of Topliss-reactive ketones (excluding diaryl/α,β-unsaturated/α-hetero) is 1. The van der Waals surface area contributed by atoms with Crippen molar-refractivity contribution in [1.82, 2.24) is 4.90 Å². The topological polar surface area (TPSA) is 66.8 Å². The standard InChI is InChI=1S/C20H27NO4/c1-5-6-10-21-18(14-8-7-9-15(12-14)25-4)17(19(23)20(21)24)16(22)11-13(2)3/h7-9,12-13,18,23H,5-6,10-11H2,1-4H3. The van der Waals surface area contributed by atoms with Gasteiger partial charge in [-0.25, -0.2) is 0 Å². The number of ketones is 1.